The predicted octanol–water partition coefficient (Wildman–Crippen LogP) is 1.19. The van der Waals surface area contributed by atoms with E-state index in [1.807, 2.05) is 29.8 Å². The first-order valence-electron chi connectivity index (χ1n) is 8.44. The molecule has 3 aromatic rings. The van der Waals surface area contributed by atoms with E-state index in [0.717, 1.165) is 35.5 Å². The highest BCUT2D eigenvalue weighted by atomic mass is 32.2. The van der Waals surface area contributed by atoms with Crippen LogP contribution in [-0.2, 0) is 24.6 Å². The number of benzene rings is 1. The van der Waals surface area contributed by atoms with Crippen LogP contribution >= 0.6 is 11.8 Å². The summed E-state index contributed by atoms with van der Waals surface area (Å²) in [4.78, 5) is 19.3. The van der Waals surface area contributed by atoms with Crippen molar-refractivity contribution in [1.82, 2.24) is 24.3 Å². The summed E-state index contributed by atoms with van der Waals surface area (Å²) in [5.74, 6) is 2.11. The Labute approximate surface area is 154 Å². The summed E-state index contributed by atoms with van der Waals surface area (Å²) in [5.41, 5.74) is 0.691. The van der Waals surface area contributed by atoms with Gasteiger partial charge in [0.15, 0.2) is 5.16 Å². The molecule has 3 heterocycles. The molecular formula is C17H20N6O2S. The number of anilines is 1. The molecule has 9 heteroatoms. The lowest BCUT2D eigenvalue weighted by Crippen LogP contribution is -2.37. The summed E-state index contributed by atoms with van der Waals surface area (Å²) in [6, 6.07) is 7.41. The smallest absolute Gasteiger partial charge is 0.261 e. The zero-order valence-electron chi connectivity index (χ0n) is 14.8. The lowest BCUT2D eigenvalue weighted by atomic mass is 10.2. The van der Waals surface area contributed by atoms with Gasteiger partial charge < -0.3 is 9.64 Å². The molecule has 0 spiro atoms. The number of thioether (sulfide) groups is 1. The molecule has 26 heavy (non-hydrogen) atoms. The van der Waals surface area contributed by atoms with Crippen LogP contribution in [0.3, 0.4) is 0 Å². The van der Waals surface area contributed by atoms with Gasteiger partial charge in [-0.3, -0.25) is 13.9 Å². The molecule has 136 valence electrons. The number of ether oxygens (including phenoxy) is 1. The summed E-state index contributed by atoms with van der Waals surface area (Å²) >= 11 is 1.53. The standard InChI is InChI=1S/C17H20N6O2S/c1-21-14(18-13-6-4-3-5-12(13)15(21)24)11-26-17-20-19-16(22(17)2)23-7-9-25-10-8-23/h3-6H,7-11H2,1-2H3. The molecule has 0 N–H and O–H groups in total. The summed E-state index contributed by atoms with van der Waals surface area (Å²) < 4.78 is 8.97. The zero-order valence-corrected chi connectivity index (χ0v) is 15.6. The Hall–Kier alpha value is -2.39. The number of hydrogen-bond donors (Lipinski definition) is 0. The van der Waals surface area contributed by atoms with Gasteiger partial charge in [0.1, 0.15) is 5.82 Å². The van der Waals surface area contributed by atoms with E-state index in [-0.39, 0.29) is 5.56 Å². The summed E-state index contributed by atoms with van der Waals surface area (Å²) in [6.07, 6.45) is 0. The summed E-state index contributed by atoms with van der Waals surface area (Å²) in [7, 11) is 3.72. The zero-order chi connectivity index (χ0) is 18.1. The molecule has 0 radical (unpaired) electrons. The average molecular weight is 372 g/mol. The molecule has 0 saturated carbocycles. The topological polar surface area (TPSA) is 78.1 Å². The van der Waals surface area contributed by atoms with Crippen LogP contribution in [0.15, 0.2) is 34.2 Å². The van der Waals surface area contributed by atoms with E-state index >= 15 is 0 Å². The van der Waals surface area contributed by atoms with Gasteiger partial charge in [0.25, 0.3) is 5.56 Å². The number of morpholine rings is 1. The molecule has 2 aromatic heterocycles. The Morgan fingerprint density at radius 2 is 1.88 bits per heavy atom. The third-order valence-electron chi connectivity index (χ3n) is 4.51. The molecule has 0 unspecified atom stereocenters. The molecule has 1 saturated heterocycles. The largest absolute Gasteiger partial charge is 0.378 e. The van der Waals surface area contributed by atoms with Crippen molar-refractivity contribution in [1.29, 1.82) is 0 Å². The maximum Gasteiger partial charge on any atom is 0.261 e. The fourth-order valence-corrected chi connectivity index (χ4v) is 3.88. The minimum atomic E-state index is -0.0295. The van der Waals surface area contributed by atoms with Gasteiger partial charge in [0, 0.05) is 27.2 Å². The monoisotopic (exact) mass is 372 g/mol. The minimum absolute atomic E-state index is 0.0295. The van der Waals surface area contributed by atoms with Crippen molar-refractivity contribution in [3.8, 4) is 0 Å². The number of hydrogen-bond acceptors (Lipinski definition) is 7. The highest BCUT2D eigenvalue weighted by molar-refractivity contribution is 7.98. The molecule has 1 fully saturated rings. The Kier molecular flexibility index (Phi) is 4.64. The molecule has 8 nitrogen and oxygen atoms in total. The van der Waals surface area contributed by atoms with Crippen LogP contribution in [-0.4, -0.2) is 50.6 Å². The van der Waals surface area contributed by atoms with Crippen molar-refractivity contribution >= 4 is 28.6 Å². The number of aromatic nitrogens is 5. The Morgan fingerprint density at radius 3 is 2.69 bits per heavy atom. The third kappa shape index (κ3) is 3.08. The quantitative estimate of drug-likeness (QED) is 0.637. The summed E-state index contributed by atoms with van der Waals surface area (Å²) in [6.45, 7) is 3.05. The van der Waals surface area contributed by atoms with Gasteiger partial charge in [-0.15, -0.1) is 10.2 Å². The highest BCUT2D eigenvalue weighted by Gasteiger charge is 2.19. The number of para-hydroxylation sites is 1. The van der Waals surface area contributed by atoms with Crippen molar-refractivity contribution in [2.24, 2.45) is 14.1 Å². The normalized spacial score (nSPS) is 14.9. The molecule has 4 rings (SSSR count). The molecule has 0 atom stereocenters. The van der Waals surface area contributed by atoms with Crippen LogP contribution in [0.1, 0.15) is 5.82 Å². The molecule has 1 aromatic carbocycles. The Balaban J connectivity index is 1.56. The maximum atomic E-state index is 12.5. The van der Waals surface area contributed by atoms with E-state index in [9.17, 15) is 4.79 Å². The Morgan fingerprint density at radius 1 is 1.12 bits per heavy atom. The van der Waals surface area contributed by atoms with Gasteiger partial charge >= 0.3 is 0 Å². The van der Waals surface area contributed by atoms with E-state index in [1.54, 1.807) is 17.7 Å². The van der Waals surface area contributed by atoms with Crippen LogP contribution in [0.2, 0.25) is 0 Å². The van der Waals surface area contributed by atoms with Crippen LogP contribution in [0.25, 0.3) is 10.9 Å². The van der Waals surface area contributed by atoms with Gasteiger partial charge in [-0.1, -0.05) is 23.9 Å². The Bertz CT molecular complexity index is 993. The molecule has 1 aliphatic rings. The SMILES string of the molecule is Cn1c(SCc2nc3ccccc3c(=O)n2C)nnc1N1CCOCC1. The van der Waals surface area contributed by atoms with Gasteiger partial charge in [0.05, 0.1) is 29.9 Å². The maximum absolute atomic E-state index is 12.5. The van der Waals surface area contributed by atoms with E-state index < -0.39 is 0 Å². The van der Waals surface area contributed by atoms with Gasteiger partial charge in [0.2, 0.25) is 5.95 Å². The van der Waals surface area contributed by atoms with E-state index in [1.165, 1.54) is 11.8 Å². The summed E-state index contributed by atoms with van der Waals surface area (Å²) in [5, 5.41) is 10.0. The second kappa shape index (κ2) is 7.08. The van der Waals surface area contributed by atoms with Gasteiger partial charge in [-0.2, -0.15) is 0 Å². The molecule has 0 amide bonds. The molecule has 0 aliphatic carbocycles. The fourth-order valence-electron chi connectivity index (χ4n) is 2.99. The van der Waals surface area contributed by atoms with Crippen LogP contribution in [0, 0.1) is 0 Å². The lowest BCUT2D eigenvalue weighted by molar-refractivity contribution is 0.121. The predicted molar refractivity (Wildman–Crippen MR) is 101 cm³/mol. The van der Waals surface area contributed by atoms with Gasteiger partial charge in [-0.25, -0.2) is 4.98 Å². The first-order valence-corrected chi connectivity index (χ1v) is 9.43. The van der Waals surface area contributed by atoms with Crippen LogP contribution in [0.4, 0.5) is 5.95 Å². The first kappa shape index (κ1) is 17.0. The van der Waals surface area contributed by atoms with Crippen molar-refractivity contribution in [3.05, 3.63) is 40.4 Å². The van der Waals surface area contributed by atoms with Crippen molar-refractivity contribution in [2.75, 3.05) is 31.2 Å². The minimum Gasteiger partial charge on any atom is -0.378 e. The van der Waals surface area contributed by atoms with Crippen molar-refractivity contribution in [2.45, 2.75) is 10.9 Å². The van der Waals surface area contributed by atoms with Gasteiger partial charge in [-0.05, 0) is 12.1 Å². The lowest BCUT2D eigenvalue weighted by Gasteiger charge is -2.27. The van der Waals surface area contributed by atoms with E-state index in [2.05, 4.69) is 20.1 Å². The highest BCUT2D eigenvalue weighted by Crippen LogP contribution is 2.24. The second-order valence-corrected chi connectivity index (χ2v) is 7.08. The molecular weight excluding hydrogens is 352 g/mol. The molecule has 0 bridgehead atoms. The number of nitrogens with zero attached hydrogens (tertiary/aromatic N) is 6. The molecule has 1 aliphatic heterocycles. The van der Waals surface area contributed by atoms with Crippen molar-refractivity contribution in [3.63, 3.8) is 0 Å². The average Bonchev–Trinajstić information content (AvgIpc) is 3.05. The third-order valence-corrected chi connectivity index (χ3v) is 5.53. The number of fused-ring (bicyclic) bond motifs is 1. The number of rotatable bonds is 4. The van der Waals surface area contributed by atoms with Crippen LogP contribution in [0.5, 0.6) is 0 Å². The second-order valence-electron chi connectivity index (χ2n) is 6.14. The van der Waals surface area contributed by atoms with Crippen molar-refractivity contribution < 1.29 is 4.74 Å². The van der Waals surface area contributed by atoms with E-state index in [4.69, 9.17) is 4.74 Å². The fraction of sp³-hybridized carbons (Fsp3) is 0.412. The van der Waals surface area contributed by atoms with Crippen LogP contribution < -0.4 is 10.5 Å². The first-order chi connectivity index (χ1) is 12.6. The van der Waals surface area contributed by atoms with E-state index in [0.29, 0.717) is 24.4 Å².